The van der Waals surface area contributed by atoms with Gasteiger partial charge in [0.25, 0.3) is 0 Å². The normalized spacial score (nSPS) is 15.5. The predicted molar refractivity (Wildman–Crippen MR) is 92.8 cm³/mol. The summed E-state index contributed by atoms with van der Waals surface area (Å²) in [5, 5.41) is 1.23. The molecular formula is C21H21N. The summed E-state index contributed by atoms with van der Waals surface area (Å²) < 4.78 is 0. The third-order valence-corrected chi connectivity index (χ3v) is 4.83. The molecule has 1 heterocycles. The first-order chi connectivity index (χ1) is 10.9. The molecule has 2 aromatic carbocycles. The van der Waals surface area contributed by atoms with Gasteiger partial charge in [-0.05, 0) is 30.0 Å². The number of aromatic nitrogens is 1. The first-order valence-electron chi connectivity index (χ1n) is 8.33. The summed E-state index contributed by atoms with van der Waals surface area (Å²) >= 11 is 0. The van der Waals surface area contributed by atoms with Crippen molar-refractivity contribution in [3.8, 4) is 11.3 Å². The summed E-state index contributed by atoms with van der Waals surface area (Å²) in [5.74, 6) is 0.884. The lowest BCUT2D eigenvalue weighted by Gasteiger charge is -2.10. The molecular weight excluding hydrogens is 266 g/mol. The molecule has 1 fully saturated rings. The zero-order chi connectivity index (χ0) is 14.8. The summed E-state index contributed by atoms with van der Waals surface area (Å²) in [6.07, 6.45) is 6.83. The van der Waals surface area contributed by atoms with E-state index in [-0.39, 0.29) is 0 Å². The van der Waals surface area contributed by atoms with Crippen LogP contribution in [0.3, 0.4) is 0 Å². The van der Waals surface area contributed by atoms with E-state index < -0.39 is 0 Å². The Bertz CT molecular complexity index is 770. The van der Waals surface area contributed by atoms with Crippen LogP contribution < -0.4 is 0 Å². The Kier molecular flexibility index (Phi) is 3.64. The quantitative estimate of drug-likeness (QED) is 0.608. The van der Waals surface area contributed by atoms with Crippen LogP contribution in [0.4, 0.5) is 0 Å². The van der Waals surface area contributed by atoms with Gasteiger partial charge in [0.05, 0.1) is 11.2 Å². The van der Waals surface area contributed by atoms with E-state index in [4.69, 9.17) is 4.98 Å². The SMILES string of the molecule is c1ccc(-c2ccc3ccc(CC4CCCC4)cc3n2)cc1. The zero-order valence-corrected chi connectivity index (χ0v) is 12.8. The van der Waals surface area contributed by atoms with Gasteiger partial charge in [0.1, 0.15) is 0 Å². The van der Waals surface area contributed by atoms with Crippen molar-refractivity contribution in [2.45, 2.75) is 32.1 Å². The number of hydrogen-bond acceptors (Lipinski definition) is 1. The molecule has 22 heavy (non-hydrogen) atoms. The Morgan fingerprint density at radius 2 is 1.64 bits per heavy atom. The van der Waals surface area contributed by atoms with Crippen molar-refractivity contribution < 1.29 is 0 Å². The third kappa shape index (κ3) is 2.76. The van der Waals surface area contributed by atoms with Crippen molar-refractivity contribution in [2.24, 2.45) is 5.92 Å². The maximum atomic E-state index is 4.88. The second-order valence-corrected chi connectivity index (χ2v) is 6.44. The maximum absolute atomic E-state index is 4.88. The van der Waals surface area contributed by atoms with Gasteiger partial charge < -0.3 is 0 Å². The standard InChI is InChI=1S/C21H21N/c1-2-8-18(9-3-1)20-13-12-19-11-10-17(15-21(19)22-20)14-16-6-4-5-7-16/h1-3,8-13,15-16H,4-7,14H2. The van der Waals surface area contributed by atoms with E-state index >= 15 is 0 Å². The second-order valence-electron chi connectivity index (χ2n) is 6.44. The van der Waals surface area contributed by atoms with Crippen molar-refractivity contribution >= 4 is 10.9 Å². The van der Waals surface area contributed by atoms with Gasteiger partial charge in [-0.3, -0.25) is 0 Å². The fraction of sp³-hybridized carbons (Fsp3) is 0.286. The molecule has 1 aliphatic rings. The number of hydrogen-bond donors (Lipinski definition) is 0. The highest BCUT2D eigenvalue weighted by Crippen LogP contribution is 2.29. The Morgan fingerprint density at radius 3 is 2.45 bits per heavy atom. The van der Waals surface area contributed by atoms with E-state index in [1.807, 2.05) is 6.07 Å². The van der Waals surface area contributed by atoms with E-state index in [9.17, 15) is 0 Å². The van der Waals surface area contributed by atoms with Crippen LogP contribution in [0.15, 0.2) is 60.7 Å². The van der Waals surface area contributed by atoms with Crippen molar-refractivity contribution in [3.63, 3.8) is 0 Å². The Balaban J connectivity index is 1.68. The lowest BCUT2D eigenvalue weighted by atomic mass is 9.97. The molecule has 1 heteroatoms. The highest BCUT2D eigenvalue weighted by Gasteiger charge is 2.15. The largest absolute Gasteiger partial charge is 0.248 e. The average Bonchev–Trinajstić information content (AvgIpc) is 3.08. The molecule has 0 radical (unpaired) electrons. The summed E-state index contributed by atoms with van der Waals surface area (Å²) in [4.78, 5) is 4.88. The van der Waals surface area contributed by atoms with E-state index in [2.05, 4.69) is 54.6 Å². The van der Waals surface area contributed by atoms with Gasteiger partial charge in [-0.2, -0.15) is 0 Å². The van der Waals surface area contributed by atoms with Crippen LogP contribution in [0.1, 0.15) is 31.2 Å². The van der Waals surface area contributed by atoms with Crippen LogP contribution in [-0.2, 0) is 6.42 Å². The molecule has 1 aliphatic carbocycles. The highest BCUT2D eigenvalue weighted by atomic mass is 14.7. The fourth-order valence-corrected chi connectivity index (χ4v) is 3.61. The monoisotopic (exact) mass is 287 g/mol. The first-order valence-corrected chi connectivity index (χ1v) is 8.33. The van der Waals surface area contributed by atoms with Crippen LogP contribution in [0.5, 0.6) is 0 Å². The topological polar surface area (TPSA) is 12.9 Å². The number of rotatable bonds is 3. The van der Waals surface area contributed by atoms with Crippen LogP contribution in [0, 0.1) is 5.92 Å². The van der Waals surface area contributed by atoms with Gasteiger partial charge in [-0.25, -0.2) is 4.98 Å². The second kappa shape index (κ2) is 5.92. The van der Waals surface area contributed by atoms with Gasteiger partial charge in [0.15, 0.2) is 0 Å². The molecule has 0 aliphatic heterocycles. The lowest BCUT2D eigenvalue weighted by Crippen LogP contribution is -1.98. The number of fused-ring (bicyclic) bond motifs is 1. The van der Waals surface area contributed by atoms with E-state index in [0.717, 1.165) is 17.1 Å². The van der Waals surface area contributed by atoms with Crippen molar-refractivity contribution in [3.05, 3.63) is 66.2 Å². The zero-order valence-electron chi connectivity index (χ0n) is 12.8. The molecule has 0 amide bonds. The molecule has 0 bridgehead atoms. The molecule has 0 atom stereocenters. The molecule has 1 saturated carbocycles. The third-order valence-electron chi connectivity index (χ3n) is 4.83. The van der Waals surface area contributed by atoms with Gasteiger partial charge in [0, 0.05) is 10.9 Å². The Labute approximate surface area is 132 Å². The first kappa shape index (κ1) is 13.5. The minimum Gasteiger partial charge on any atom is -0.248 e. The molecule has 0 spiro atoms. The smallest absolute Gasteiger partial charge is 0.0712 e. The number of benzene rings is 2. The van der Waals surface area contributed by atoms with Crippen LogP contribution in [0.25, 0.3) is 22.2 Å². The summed E-state index contributed by atoms with van der Waals surface area (Å²) in [6, 6.07) is 21.5. The molecule has 1 nitrogen and oxygen atoms in total. The summed E-state index contributed by atoms with van der Waals surface area (Å²) in [6.45, 7) is 0. The van der Waals surface area contributed by atoms with E-state index in [0.29, 0.717) is 0 Å². The molecule has 1 aromatic heterocycles. The van der Waals surface area contributed by atoms with Crippen molar-refractivity contribution in [2.75, 3.05) is 0 Å². The van der Waals surface area contributed by atoms with Gasteiger partial charge in [-0.15, -0.1) is 0 Å². The van der Waals surface area contributed by atoms with Gasteiger partial charge in [0.2, 0.25) is 0 Å². The predicted octanol–water partition coefficient (Wildman–Crippen LogP) is 5.63. The van der Waals surface area contributed by atoms with Crippen molar-refractivity contribution in [1.82, 2.24) is 4.98 Å². The Morgan fingerprint density at radius 1 is 0.864 bits per heavy atom. The maximum Gasteiger partial charge on any atom is 0.0712 e. The van der Waals surface area contributed by atoms with Crippen LogP contribution in [0.2, 0.25) is 0 Å². The van der Waals surface area contributed by atoms with Crippen LogP contribution in [-0.4, -0.2) is 4.98 Å². The molecule has 110 valence electrons. The fourth-order valence-electron chi connectivity index (χ4n) is 3.61. The number of nitrogens with zero attached hydrogens (tertiary/aromatic N) is 1. The van der Waals surface area contributed by atoms with Crippen molar-refractivity contribution in [1.29, 1.82) is 0 Å². The van der Waals surface area contributed by atoms with Gasteiger partial charge >= 0.3 is 0 Å². The van der Waals surface area contributed by atoms with E-state index in [1.54, 1.807) is 0 Å². The molecule has 4 rings (SSSR count). The molecule has 0 saturated heterocycles. The highest BCUT2D eigenvalue weighted by molar-refractivity contribution is 5.82. The molecule has 3 aromatic rings. The minimum absolute atomic E-state index is 0.884. The molecule has 0 N–H and O–H groups in total. The Hall–Kier alpha value is -2.15. The summed E-state index contributed by atoms with van der Waals surface area (Å²) in [5.41, 5.74) is 4.81. The van der Waals surface area contributed by atoms with Gasteiger partial charge in [-0.1, -0.05) is 74.2 Å². The number of pyridine rings is 1. The average molecular weight is 287 g/mol. The van der Waals surface area contributed by atoms with E-state index in [1.165, 1.54) is 48.6 Å². The lowest BCUT2D eigenvalue weighted by molar-refractivity contribution is 0.547. The van der Waals surface area contributed by atoms with Crippen LogP contribution >= 0.6 is 0 Å². The molecule has 0 unspecified atom stereocenters. The summed E-state index contributed by atoms with van der Waals surface area (Å²) in [7, 11) is 0. The minimum atomic E-state index is 0.884.